The summed E-state index contributed by atoms with van der Waals surface area (Å²) in [6.07, 6.45) is 0.661. The van der Waals surface area contributed by atoms with Gasteiger partial charge in [0.1, 0.15) is 5.82 Å². The van der Waals surface area contributed by atoms with Crippen molar-refractivity contribution in [1.29, 1.82) is 0 Å². The summed E-state index contributed by atoms with van der Waals surface area (Å²) < 4.78 is 1.93. The number of nitrogens with zero attached hydrogens (tertiary/aromatic N) is 3. The maximum Gasteiger partial charge on any atom is 0.336 e. The minimum Gasteiger partial charge on any atom is -0.478 e. The van der Waals surface area contributed by atoms with Crippen molar-refractivity contribution >= 4 is 5.97 Å². The lowest BCUT2D eigenvalue weighted by atomic mass is 9.98. The van der Waals surface area contributed by atoms with Crippen LogP contribution in [0.1, 0.15) is 28.7 Å². The summed E-state index contributed by atoms with van der Waals surface area (Å²) in [7, 11) is 0. The minimum atomic E-state index is -0.922. The van der Waals surface area contributed by atoms with Gasteiger partial charge in [0.05, 0.1) is 5.56 Å². The largest absolute Gasteiger partial charge is 0.478 e. The maximum atomic E-state index is 11.5. The fourth-order valence-electron chi connectivity index (χ4n) is 3.37. The summed E-state index contributed by atoms with van der Waals surface area (Å²) >= 11 is 0. The van der Waals surface area contributed by atoms with E-state index in [-0.39, 0.29) is 0 Å². The average Bonchev–Trinajstić information content (AvgIpc) is 3.18. The predicted octanol–water partition coefficient (Wildman–Crippen LogP) is 4.92. The molecule has 0 amide bonds. The molecule has 1 heterocycles. The molecular weight excluding hydrogens is 362 g/mol. The first kappa shape index (κ1) is 18.6. The van der Waals surface area contributed by atoms with E-state index >= 15 is 0 Å². The van der Waals surface area contributed by atoms with E-state index in [1.54, 1.807) is 12.1 Å². The van der Waals surface area contributed by atoms with Crippen LogP contribution >= 0.6 is 0 Å². The lowest BCUT2D eigenvalue weighted by Gasteiger charge is -2.08. The van der Waals surface area contributed by atoms with Gasteiger partial charge in [0.25, 0.3) is 0 Å². The molecule has 0 saturated heterocycles. The van der Waals surface area contributed by atoms with Gasteiger partial charge in [0.15, 0.2) is 5.82 Å². The van der Waals surface area contributed by atoms with Crippen molar-refractivity contribution in [3.63, 3.8) is 0 Å². The molecule has 29 heavy (non-hydrogen) atoms. The Morgan fingerprint density at radius 1 is 0.897 bits per heavy atom. The third kappa shape index (κ3) is 3.94. The number of hydrogen-bond donors (Lipinski definition) is 1. The Morgan fingerprint density at radius 3 is 2.28 bits per heavy atom. The van der Waals surface area contributed by atoms with Crippen LogP contribution in [0.15, 0.2) is 78.9 Å². The molecule has 0 aliphatic rings. The minimum absolute atomic E-state index is 0.304. The van der Waals surface area contributed by atoms with Gasteiger partial charge in [0, 0.05) is 18.5 Å². The Kier molecular flexibility index (Phi) is 5.20. The lowest BCUT2D eigenvalue weighted by Crippen LogP contribution is -2.04. The third-order valence-electron chi connectivity index (χ3n) is 4.86. The zero-order chi connectivity index (χ0) is 20.2. The van der Waals surface area contributed by atoms with Gasteiger partial charge in [-0.15, -0.1) is 0 Å². The Morgan fingerprint density at radius 2 is 1.59 bits per heavy atom. The fourth-order valence-corrected chi connectivity index (χ4v) is 3.37. The highest BCUT2D eigenvalue weighted by Crippen LogP contribution is 2.25. The van der Waals surface area contributed by atoms with Crippen LogP contribution in [-0.2, 0) is 13.0 Å². The van der Waals surface area contributed by atoms with E-state index in [1.165, 1.54) is 0 Å². The van der Waals surface area contributed by atoms with Crippen molar-refractivity contribution in [3.8, 4) is 22.5 Å². The molecular formula is C24H21N3O2. The summed E-state index contributed by atoms with van der Waals surface area (Å²) in [6, 6.07) is 25.0. The van der Waals surface area contributed by atoms with Crippen LogP contribution < -0.4 is 0 Å². The molecule has 144 valence electrons. The summed E-state index contributed by atoms with van der Waals surface area (Å²) in [6.45, 7) is 2.80. The molecule has 0 aliphatic heterocycles. The van der Waals surface area contributed by atoms with Crippen LogP contribution in [0, 0.1) is 0 Å². The number of carbonyl (C=O) groups is 1. The number of aromatic nitrogens is 3. The molecule has 4 aromatic rings. The van der Waals surface area contributed by atoms with Gasteiger partial charge < -0.3 is 5.11 Å². The Labute approximate surface area is 169 Å². The molecule has 0 spiro atoms. The molecule has 0 radical (unpaired) electrons. The molecule has 0 unspecified atom stereocenters. The number of carboxylic acids is 1. The number of hydrogen-bond acceptors (Lipinski definition) is 3. The normalized spacial score (nSPS) is 10.8. The third-order valence-corrected chi connectivity index (χ3v) is 4.86. The summed E-state index contributed by atoms with van der Waals surface area (Å²) in [5.41, 5.74) is 4.01. The number of benzene rings is 3. The first-order valence-electron chi connectivity index (χ1n) is 9.56. The number of rotatable bonds is 6. The van der Waals surface area contributed by atoms with Crippen molar-refractivity contribution in [1.82, 2.24) is 14.8 Å². The van der Waals surface area contributed by atoms with Crippen LogP contribution in [0.3, 0.4) is 0 Å². The van der Waals surface area contributed by atoms with E-state index < -0.39 is 5.97 Å². The van der Waals surface area contributed by atoms with Crippen molar-refractivity contribution in [2.45, 2.75) is 19.9 Å². The Balaban J connectivity index is 1.60. The van der Waals surface area contributed by atoms with Gasteiger partial charge in [-0.1, -0.05) is 72.8 Å². The van der Waals surface area contributed by atoms with E-state index in [9.17, 15) is 9.90 Å². The highest BCUT2D eigenvalue weighted by atomic mass is 16.4. The molecule has 0 fully saturated rings. The second-order valence-electron chi connectivity index (χ2n) is 6.76. The van der Waals surface area contributed by atoms with E-state index in [4.69, 9.17) is 4.98 Å². The summed E-state index contributed by atoms with van der Waals surface area (Å²) in [5, 5.41) is 14.0. The Hall–Kier alpha value is -3.73. The molecule has 0 atom stereocenters. The van der Waals surface area contributed by atoms with E-state index in [2.05, 4.69) is 12.0 Å². The van der Waals surface area contributed by atoms with Crippen molar-refractivity contribution in [2.24, 2.45) is 0 Å². The molecule has 0 saturated carbocycles. The first-order valence-corrected chi connectivity index (χ1v) is 9.56. The van der Waals surface area contributed by atoms with Gasteiger partial charge >= 0.3 is 5.97 Å². The quantitative estimate of drug-likeness (QED) is 0.513. The van der Waals surface area contributed by atoms with Gasteiger partial charge in [-0.05, 0) is 29.7 Å². The van der Waals surface area contributed by atoms with Crippen molar-refractivity contribution in [2.75, 3.05) is 0 Å². The fraction of sp³-hybridized carbons (Fsp3) is 0.125. The molecule has 5 heteroatoms. The highest BCUT2D eigenvalue weighted by molar-refractivity contribution is 5.95. The molecule has 0 bridgehead atoms. The number of aromatic carboxylic acids is 1. The molecule has 1 aromatic heterocycles. The van der Waals surface area contributed by atoms with Crippen LogP contribution in [0.25, 0.3) is 22.5 Å². The van der Waals surface area contributed by atoms with E-state index in [1.807, 2.05) is 71.4 Å². The zero-order valence-electron chi connectivity index (χ0n) is 16.1. The van der Waals surface area contributed by atoms with E-state index in [0.717, 1.165) is 40.4 Å². The maximum absolute atomic E-state index is 11.5. The summed E-state index contributed by atoms with van der Waals surface area (Å²) in [4.78, 5) is 16.2. The highest BCUT2D eigenvalue weighted by Gasteiger charge is 2.13. The van der Waals surface area contributed by atoms with Gasteiger partial charge in [-0.2, -0.15) is 5.10 Å². The zero-order valence-corrected chi connectivity index (χ0v) is 16.1. The summed E-state index contributed by atoms with van der Waals surface area (Å²) in [5.74, 6) is 0.716. The molecule has 0 aliphatic carbocycles. The first-order chi connectivity index (χ1) is 14.2. The van der Waals surface area contributed by atoms with Crippen molar-refractivity contribution < 1.29 is 9.90 Å². The van der Waals surface area contributed by atoms with Crippen LogP contribution in [0.4, 0.5) is 0 Å². The monoisotopic (exact) mass is 383 g/mol. The number of carboxylic acid groups (broad SMARTS) is 1. The van der Waals surface area contributed by atoms with Gasteiger partial charge in [-0.25, -0.2) is 14.5 Å². The number of aryl methyl sites for hydroxylation is 1. The standard InChI is InChI=1S/C24H21N3O2/c1-2-27-22(25-23(26-27)19-8-4-3-5-9-19)16-17-12-14-18(15-13-17)20-10-6-7-11-21(20)24(28)29/h3-15H,2,16H2,1H3,(H,28,29). The molecule has 4 rings (SSSR count). The lowest BCUT2D eigenvalue weighted by molar-refractivity contribution is 0.0697. The molecule has 3 aromatic carbocycles. The SMILES string of the molecule is CCn1nc(-c2ccccc2)nc1Cc1ccc(-c2ccccc2C(=O)O)cc1. The second-order valence-corrected chi connectivity index (χ2v) is 6.76. The second kappa shape index (κ2) is 8.10. The van der Waals surface area contributed by atoms with E-state index in [0.29, 0.717) is 12.0 Å². The molecule has 1 N–H and O–H groups in total. The predicted molar refractivity (Wildman–Crippen MR) is 113 cm³/mol. The van der Waals surface area contributed by atoms with Gasteiger partial charge in [-0.3, -0.25) is 0 Å². The Bertz CT molecular complexity index is 1130. The van der Waals surface area contributed by atoms with Crippen LogP contribution in [0.5, 0.6) is 0 Å². The van der Waals surface area contributed by atoms with Crippen LogP contribution in [0.2, 0.25) is 0 Å². The average molecular weight is 383 g/mol. The van der Waals surface area contributed by atoms with Crippen molar-refractivity contribution in [3.05, 3.63) is 95.8 Å². The molecule has 5 nitrogen and oxygen atoms in total. The van der Waals surface area contributed by atoms with Crippen LogP contribution in [-0.4, -0.2) is 25.8 Å². The van der Waals surface area contributed by atoms with Gasteiger partial charge in [0.2, 0.25) is 0 Å². The topological polar surface area (TPSA) is 68.0 Å². The smallest absolute Gasteiger partial charge is 0.336 e.